The number of anilines is 1. The highest BCUT2D eigenvalue weighted by atomic mass is 79.9. The van der Waals surface area contributed by atoms with Crippen molar-refractivity contribution in [3.05, 3.63) is 63.1 Å². The SMILES string of the molecule is N#Cc1ccccc1CNc1ccc(Cl)cc1Br. The molecule has 1 N–H and O–H groups in total. The van der Waals surface area contributed by atoms with Gasteiger partial charge in [0.2, 0.25) is 0 Å². The van der Waals surface area contributed by atoms with Crippen molar-refractivity contribution in [2.24, 2.45) is 0 Å². The summed E-state index contributed by atoms with van der Waals surface area (Å²) >= 11 is 9.33. The summed E-state index contributed by atoms with van der Waals surface area (Å²) in [5, 5.41) is 13.0. The molecule has 90 valence electrons. The van der Waals surface area contributed by atoms with Crippen LogP contribution in [-0.4, -0.2) is 0 Å². The second-order valence-electron chi connectivity index (χ2n) is 3.75. The van der Waals surface area contributed by atoms with E-state index < -0.39 is 0 Å². The molecule has 0 aromatic heterocycles. The van der Waals surface area contributed by atoms with E-state index in [1.54, 1.807) is 0 Å². The molecule has 0 atom stereocenters. The summed E-state index contributed by atoms with van der Waals surface area (Å²) < 4.78 is 0.907. The lowest BCUT2D eigenvalue weighted by molar-refractivity contribution is 1.13. The molecule has 2 aromatic rings. The van der Waals surface area contributed by atoms with Crippen LogP contribution in [0.4, 0.5) is 5.69 Å². The van der Waals surface area contributed by atoms with E-state index in [0.717, 1.165) is 15.7 Å². The highest BCUT2D eigenvalue weighted by molar-refractivity contribution is 9.10. The average Bonchev–Trinajstić information content (AvgIpc) is 2.38. The van der Waals surface area contributed by atoms with Crippen LogP contribution in [0.5, 0.6) is 0 Å². The Morgan fingerprint density at radius 2 is 2.00 bits per heavy atom. The van der Waals surface area contributed by atoms with Gasteiger partial charge in [-0.1, -0.05) is 29.8 Å². The van der Waals surface area contributed by atoms with E-state index in [0.29, 0.717) is 17.1 Å². The number of nitriles is 1. The first-order valence-corrected chi connectivity index (χ1v) is 6.55. The molecular formula is C14H10BrClN2. The summed E-state index contributed by atoms with van der Waals surface area (Å²) in [5.41, 5.74) is 2.61. The Hall–Kier alpha value is -1.50. The number of nitrogens with one attached hydrogen (secondary N) is 1. The number of nitrogens with zero attached hydrogens (tertiary/aromatic N) is 1. The zero-order valence-corrected chi connectivity index (χ0v) is 11.8. The maximum absolute atomic E-state index is 9.00. The Morgan fingerprint density at radius 3 is 2.72 bits per heavy atom. The predicted octanol–water partition coefficient (Wildman–Crippen LogP) is 4.59. The summed E-state index contributed by atoms with van der Waals surface area (Å²) in [6, 6.07) is 15.3. The summed E-state index contributed by atoms with van der Waals surface area (Å²) in [7, 11) is 0. The van der Waals surface area contributed by atoms with Crippen molar-refractivity contribution in [3.63, 3.8) is 0 Å². The third kappa shape index (κ3) is 3.04. The molecule has 0 radical (unpaired) electrons. The second-order valence-corrected chi connectivity index (χ2v) is 5.04. The zero-order valence-electron chi connectivity index (χ0n) is 9.45. The minimum atomic E-state index is 0.601. The number of halogens is 2. The van der Waals surface area contributed by atoms with Gasteiger partial charge < -0.3 is 5.32 Å². The highest BCUT2D eigenvalue weighted by Crippen LogP contribution is 2.26. The van der Waals surface area contributed by atoms with Crippen LogP contribution in [0.2, 0.25) is 5.02 Å². The minimum absolute atomic E-state index is 0.601. The lowest BCUT2D eigenvalue weighted by atomic mass is 10.1. The standard InChI is InChI=1S/C14H10BrClN2/c15-13-7-12(16)5-6-14(13)18-9-11-4-2-1-3-10(11)8-17/h1-7,18H,9H2. The molecule has 0 heterocycles. The molecule has 4 heteroatoms. The Morgan fingerprint density at radius 1 is 1.22 bits per heavy atom. The number of benzene rings is 2. The molecule has 0 aliphatic rings. The van der Waals surface area contributed by atoms with Gasteiger partial charge in [0.1, 0.15) is 0 Å². The van der Waals surface area contributed by atoms with Gasteiger partial charge in [-0.2, -0.15) is 5.26 Å². The molecule has 2 aromatic carbocycles. The third-order valence-corrected chi connectivity index (χ3v) is 3.43. The zero-order chi connectivity index (χ0) is 13.0. The van der Waals surface area contributed by atoms with Crippen molar-refractivity contribution in [3.8, 4) is 6.07 Å². The van der Waals surface area contributed by atoms with Gasteiger partial charge in [-0.05, 0) is 45.8 Å². The molecule has 0 amide bonds. The van der Waals surface area contributed by atoms with Crippen LogP contribution in [0.3, 0.4) is 0 Å². The monoisotopic (exact) mass is 320 g/mol. The van der Waals surface area contributed by atoms with Gasteiger partial charge in [0.15, 0.2) is 0 Å². The fourth-order valence-electron chi connectivity index (χ4n) is 1.61. The minimum Gasteiger partial charge on any atom is -0.380 e. The smallest absolute Gasteiger partial charge is 0.0995 e. The van der Waals surface area contributed by atoms with Crippen LogP contribution < -0.4 is 5.32 Å². The van der Waals surface area contributed by atoms with Crippen LogP contribution in [0.15, 0.2) is 46.9 Å². The lowest BCUT2D eigenvalue weighted by Crippen LogP contribution is -2.01. The van der Waals surface area contributed by atoms with E-state index >= 15 is 0 Å². The van der Waals surface area contributed by atoms with Crippen molar-refractivity contribution < 1.29 is 0 Å². The maximum Gasteiger partial charge on any atom is 0.0995 e. The van der Waals surface area contributed by atoms with Crippen molar-refractivity contribution >= 4 is 33.2 Å². The van der Waals surface area contributed by atoms with Gasteiger partial charge >= 0.3 is 0 Å². The molecule has 2 nitrogen and oxygen atoms in total. The number of hydrogen-bond acceptors (Lipinski definition) is 2. The van der Waals surface area contributed by atoms with E-state index in [1.807, 2.05) is 42.5 Å². The van der Waals surface area contributed by atoms with Crippen molar-refractivity contribution in [1.82, 2.24) is 0 Å². The third-order valence-electron chi connectivity index (χ3n) is 2.54. The average molecular weight is 322 g/mol. The van der Waals surface area contributed by atoms with Crippen molar-refractivity contribution in [2.75, 3.05) is 5.32 Å². The fourth-order valence-corrected chi connectivity index (χ4v) is 2.43. The fraction of sp³-hybridized carbons (Fsp3) is 0.0714. The first-order chi connectivity index (χ1) is 8.70. The quantitative estimate of drug-likeness (QED) is 0.897. The van der Waals surface area contributed by atoms with Crippen molar-refractivity contribution in [1.29, 1.82) is 5.26 Å². The van der Waals surface area contributed by atoms with Crippen LogP contribution in [0.1, 0.15) is 11.1 Å². The first kappa shape index (κ1) is 12.9. The van der Waals surface area contributed by atoms with Crippen LogP contribution >= 0.6 is 27.5 Å². The highest BCUT2D eigenvalue weighted by Gasteiger charge is 2.03. The number of rotatable bonds is 3. The van der Waals surface area contributed by atoms with Gasteiger partial charge in [0, 0.05) is 21.7 Å². The molecule has 0 fully saturated rings. The first-order valence-electron chi connectivity index (χ1n) is 5.37. The predicted molar refractivity (Wildman–Crippen MR) is 77.6 cm³/mol. The summed E-state index contributed by atoms with van der Waals surface area (Å²) in [6.45, 7) is 0.601. The van der Waals surface area contributed by atoms with Gasteiger partial charge in [0.05, 0.1) is 11.6 Å². The van der Waals surface area contributed by atoms with Crippen LogP contribution in [0.25, 0.3) is 0 Å². The summed E-state index contributed by atoms with van der Waals surface area (Å²) in [5.74, 6) is 0. The van der Waals surface area contributed by atoms with E-state index in [4.69, 9.17) is 16.9 Å². The molecule has 2 rings (SSSR count). The largest absolute Gasteiger partial charge is 0.380 e. The number of hydrogen-bond donors (Lipinski definition) is 1. The Balaban J connectivity index is 2.14. The Labute approximate surface area is 119 Å². The molecule has 0 aliphatic carbocycles. The van der Waals surface area contributed by atoms with Crippen LogP contribution in [-0.2, 0) is 6.54 Å². The molecule has 0 unspecified atom stereocenters. The van der Waals surface area contributed by atoms with Gasteiger partial charge in [-0.25, -0.2) is 0 Å². The molecular weight excluding hydrogens is 312 g/mol. The Bertz CT molecular complexity index is 605. The molecule has 0 saturated heterocycles. The normalized spacial score (nSPS) is 9.83. The molecule has 0 aliphatic heterocycles. The lowest BCUT2D eigenvalue weighted by Gasteiger charge is -2.09. The molecule has 18 heavy (non-hydrogen) atoms. The summed E-state index contributed by atoms with van der Waals surface area (Å²) in [4.78, 5) is 0. The summed E-state index contributed by atoms with van der Waals surface area (Å²) in [6.07, 6.45) is 0. The van der Waals surface area contributed by atoms with E-state index in [9.17, 15) is 0 Å². The van der Waals surface area contributed by atoms with Crippen LogP contribution in [0, 0.1) is 11.3 Å². The van der Waals surface area contributed by atoms with E-state index in [2.05, 4.69) is 27.3 Å². The molecule has 0 saturated carbocycles. The second kappa shape index (κ2) is 5.90. The van der Waals surface area contributed by atoms with E-state index in [-0.39, 0.29) is 0 Å². The Kier molecular flexibility index (Phi) is 4.24. The van der Waals surface area contributed by atoms with Crippen molar-refractivity contribution in [2.45, 2.75) is 6.54 Å². The van der Waals surface area contributed by atoms with E-state index in [1.165, 1.54) is 0 Å². The molecule has 0 spiro atoms. The maximum atomic E-state index is 9.00. The topological polar surface area (TPSA) is 35.8 Å². The van der Waals surface area contributed by atoms with Gasteiger partial charge in [-0.3, -0.25) is 0 Å². The van der Waals surface area contributed by atoms with Gasteiger partial charge in [0.25, 0.3) is 0 Å². The van der Waals surface area contributed by atoms with Gasteiger partial charge in [-0.15, -0.1) is 0 Å². The molecule has 0 bridgehead atoms.